The van der Waals surface area contributed by atoms with Crippen LogP contribution < -0.4 is 4.74 Å². The van der Waals surface area contributed by atoms with Gasteiger partial charge in [0.15, 0.2) is 0 Å². The minimum atomic E-state index is -0.616. The summed E-state index contributed by atoms with van der Waals surface area (Å²) in [6.07, 6.45) is 1.68. The fourth-order valence-corrected chi connectivity index (χ4v) is 3.86. The summed E-state index contributed by atoms with van der Waals surface area (Å²) in [7, 11) is 0. The van der Waals surface area contributed by atoms with E-state index in [-0.39, 0.29) is 12.7 Å². The lowest BCUT2D eigenvalue weighted by atomic mass is 10.1. The second kappa shape index (κ2) is 8.69. The molecule has 0 aliphatic carbocycles. The fraction of sp³-hybridized carbons (Fsp3) is 0.421. The highest BCUT2D eigenvalue weighted by Gasteiger charge is 2.19. The Balaban J connectivity index is 1.27. The number of fused-ring (bicyclic) bond motifs is 1. The number of nitrogens with zero attached hydrogens (tertiary/aromatic N) is 4. The maximum Gasteiger partial charge on any atom is 0.209 e. The van der Waals surface area contributed by atoms with Crippen LogP contribution in [0.1, 0.15) is 12.8 Å². The highest BCUT2D eigenvalue weighted by atomic mass is 32.2. The van der Waals surface area contributed by atoms with E-state index in [9.17, 15) is 5.11 Å². The second-order valence-corrected chi connectivity index (χ2v) is 7.55. The van der Waals surface area contributed by atoms with Crippen LogP contribution >= 0.6 is 11.8 Å². The van der Waals surface area contributed by atoms with E-state index in [0.29, 0.717) is 17.5 Å². The first-order valence-electron chi connectivity index (χ1n) is 9.08. The SMILES string of the molecule is O[C@H](COc1ccc2ccccc2c1)CSc1nnnn1C[C@@H]1CCCO1. The van der Waals surface area contributed by atoms with Crippen LogP contribution in [0, 0.1) is 0 Å². The molecule has 142 valence electrons. The number of tetrazole rings is 1. The van der Waals surface area contributed by atoms with Gasteiger partial charge in [0.2, 0.25) is 5.16 Å². The standard InChI is InChI=1S/C19H22N4O3S/c24-16(12-26-17-8-7-14-4-1-2-5-15(14)10-17)13-27-19-20-21-22-23(19)11-18-6-3-9-25-18/h1-2,4-5,7-8,10,16,18,24H,3,6,9,11-13H2/t16-,18+/m1/s1. The number of benzene rings is 2. The second-order valence-electron chi connectivity index (χ2n) is 6.56. The Morgan fingerprint density at radius 1 is 1.26 bits per heavy atom. The Bertz CT molecular complexity index is 882. The van der Waals surface area contributed by atoms with Gasteiger partial charge in [0.25, 0.3) is 0 Å². The molecule has 0 bridgehead atoms. The molecule has 2 atom stereocenters. The highest BCUT2D eigenvalue weighted by molar-refractivity contribution is 7.99. The predicted octanol–water partition coefficient (Wildman–Crippen LogP) is 2.54. The van der Waals surface area contributed by atoms with Gasteiger partial charge in [0, 0.05) is 12.4 Å². The Labute approximate surface area is 161 Å². The lowest BCUT2D eigenvalue weighted by Crippen LogP contribution is -2.21. The summed E-state index contributed by atoms with van der Waals surface area (Å²) in [4.78, 5) is 0. The summed E-state index contributed by atoms with van der Waals surface area (Å²) in [6, 6.07) is 14.0. The van der Waals surface area contributed by atoms with Crippen molar-refractivity contribution in [2.75, 3.05) is 19.0 Å². The summed E-state index contributed by atoms with van der Waals surface area (Å²) in [5.74, 6) is 1.21. The third kappa shape index (κ3) is 4.77. The van der Waals surface area contributed by atoms with Crippen molar-refractivity contribution < 1.29 is 14.6 Å². The van der Waals surface area contributed by atoms with Crippen molar-refractivity contribution in [1.29, 1.82) is 0 Å². The topological polar surface area (TPSA) is 82.3 Å². The molecule has 7 nitrogen and oxygen atoms in total. The molecular weight excluding hydrogens is 364 g/mol. The van der Waals surface area contributed by atoms with Crippen molar-refractivity contribution in [3.63, 3.8) is 0 Å². The van der Waals surface area contributed by atoms with E-state index in [2.05, 4.69) is 21.6 Å². The molecule has 2 aromatic carbocycles. The molecule has 1 aliphatic rings. The maximum atomic E-state index is 10.2. The van der Waals surface area contributed by atoms with Crippen LogP contribution in [0.15, 0.2) is 47.6 Å². The van der Waals surface area contributed by atoms with Crippen molar-refractivity contribution in [2.45, 2.75) is 36.8 Å². The van der Waals surface area contributed by atoms with E-state index < -0.39 is 6.10 Å². The smallest absolute Gasteiger partial charge is 0.209 e. The maximum absolute atomic E-state index is 10.2. The molecule has 1 aromatic heterocycles. The van der Waals surface area contributed by atoms with Crippen LogP contribution in [-0.4, -0.2) is 56.5 Å². The van der Waals surface area contributed by atoms with Gasteiger partial charge in [-0.3, -0.25) is 0 Å². The summed E-state index contributed by atoms with van der Waals surface area (Å²) in [5, 5.41) is 25.0. The Morgan fingerprint density at radius 2 is 2.15 bits per heavy atom. The van der Waals surface area contributed by atoms with E-state index in [1.165, 1.54) is 17.1 Å². The molecule has 8 heteroatoms. The molecule has 1 fully saturated rings. The van der Waals surface area contributed by atoms with E-state index in [0.717, 1.165) is 30.6 Å². The fourth-order valence-electron chi connectivity index (χ4n) is 3.06. The number of ether oxygens (including phenoxy) is 2. The molecule has 0 spiro atoms. The molecular formula is C19H22N4O3S. The van der Waals surface area contributed by atoms with Gasteiger partial charge in [0.05, 0.1) is 18.8 Å². The first kappa shape index (κ1) is 18.2. The van der Waals surface area contributed by atoms with Gasteiger partial charge in [0.1, 0.15) is 12.4 Å². The minimum Gasteiger partial charge on any atom is -0.491 e. The van der Waals surface area contributed by atoms with Gasteiger partial charge >= 0.3 is 0 Å². The number of hydrogen-bond acceptors (Lipinski definition) is 7. The first-order chi connectivity index (χ1) is 13.3. The van der Waals surface area contributed by atoms with Crippen LogP contribution in [0.5, 0.6) is 5.75 Å². The zero-order valence-corrected chi connectivity index (χ0v) is 15.7. The van der Waals surface area contributed by atoms with Crippen LogP contribution in [0.4, 0.5) is 0 Å². The van der Waals surface area contributed by atoms with Crippen LogP contribution in [0.3, 0.4) is 0 Å². The quantitative estimate of drug-likeness (QED) is 0.596. The van der Waals surface area contributed by atoms with Gasteiger partial charge in [-0.2, -0.15) is 0 Å². The number of aliphatic hydroxyl groups is 1. The number of thioether (sulfide) groups is 1. The average molecular weight is 386 g/mol. The predicted molar refractivity (Wildman–Crippen MR) is 103 cm³/mol. The van der Waals surface area contributed by atoms with Gasteiger partial charge < -0.3 is 14.6 Å². The zero-order chi connectivity index (χ0) is 18.5. The summed E-state index contributed by atoms with van der Waals surface area (Å²) < 4.78 is 13.1. The lowest BCUT2D eigenvalue weighted by molar-refractivity contribution is 0.0911. The van der Waals surface area contributed by atoms with Gasteiger partial charge in [-0.15, -0.1) is 5.10 Å². The third-order valence-electron chi connectivity index (χ3n) is 4.47. The average Bonchev–Trinajstić information content (AvgIpc) is 3.37. The van der Waals surface area contributed by atoms with E-state index >= 15 is 0 Å². The molecule has 1 N–H and O–H groups in total. The molecule has 0 saturated carbocycles. The molecule has 3 aromatic rings. The lowest BCUT2D eigenvalue weighted by Gasteiger charge is -2.13. The highest BCUT2D eigenvalue weighted by Crippen LogP contribution is 2.22. The van der Waals surface area contributed by atoms with Crippen LogP contribution in [0.25, 0.3) is 10.8 Å². The molecule has 1 saturated heterocycles. The molecule has 0 unspecified atom stereocenters. The van der Waals surface area contributed by atoms with E-state index in [1.807, 2.05) is 36.4 Å². The number of rotatable bonds is 8. The summed E-state index contributed by atoms with van der Waals surface area (Å²) in [5.41, 5.74) is 0. The summed E-state index contributed by atoms with van der Waals surface area (Å²) in [6.45, 7) is 1.68. The molecule has 0 radical (unpaired) electrons. The monoisotopic (exact) mass is 386 g/mol. The van der Waals surface area contributed by atoms with Gasteiger partial charge in [-0.05, 0) is 46.2 Å². The summed E-state index contributed by atoms with van der Waals surface area (Å²) >= 11 is 1.42. The molecule has 4 rings (SSSR count). The Hall–Kier alpha value is -2.16. The normalized spacial score (nSPS) is 18.0. The van der Waals surface area contributed by atoms with E-state index in [1.54, 1.807) is 4.68 Å². The van der Waals surface area contributed by atoms with Crippen molar-refractivity contribution in [2.24, 2.45) is 0 Å². The molecule has 1 aliphatic heterocycles. The van der Waals surface area contributed by atoms with Crippen molar-refractivity contribution in [3.05, 3.63) is 42.5 Å². The Kier molecular flexibility index (Phi) is 5.86. The van der Waals surface area contributed by atoms with Crippen LogP contribution in [-0.2, 0) is 11.3 Å². The minimum absolute atomic E-state index is 0.175. The van der Waals surface area contributed by atoms with Crippen molar-refractivity contribution in [1.82, 2.24) is 20.2 Å². The first-order valence-corrected chi connectivity index (χ1v) is 10.1. The van der Waals surface area contributed by atoms with Crippen molar-refractivity contribution in [3.8, 4) is 5.75 Å². The number of hydrogen-bond donors (Lipinski definition) is 1. The largest absolute Gasteiger partial charge is 0.491 e. The Morgan fingerprint density at radius 3 is 3.00 bits per heavy atom. The number of aliphatic hydroxyl groups excluding tert-OH is 1. The molecule has 2 heterocycles. The van der Waals surface area contributed by atoms with Gasteiger partial charge in [-0.1, -0.05) is 42.1 Å². The third-order valence-corrected chi connectivity index (χ3v) is 5.57. The van der Waals surface area contributed by atoms with Crippen LogP contribution in [0.2, 0.25) is 0 Å². The van der Waals surface area contributed by atoms with E-state index in [4.69, 9.17) is 9.47 Å². The zero-order valence-electron chi connectivity index (χ0n) is 14.9. The van der Waals surface area contributed by atoms with Gasteiger partial charge in [-0.25, -0.2) is 4.68 Å². The molecule has 27 heavy (non-hydrogen) atoms. The molecule has 0 amide bonds. The van der Waals surface area contributed by atoms with Crippen molar-refractivity contribution >= 4 is 22.5 Å². The number of aromatic nitrogens is 4.